The summed E-state index contributed by atoms with van der Waals surface area (Å²) in [6, 6.07) is 0.951. The minimum atomic E-state index is -1.45. The van der Waals surface area contributed by atoms with E-state index in [-0.39, 0.29) is 28.8 Å². The van der Waals surface area contributed by atoms with E-state index in [0.717, 1.165) is 26.7 Å². The van der Waals surface area contributed by atoms with Crippen LogP contribution in [-0.2, 0) is 25.8 Å². The van der Waals surface area contributed by atoms with Crippen LogP contribution in [0.2, 0.25) is 0 Å². The van der Waals surface area contributed by atoms with Crippen molar-refractivity contribution in [2.24, 2.45) is 5.16 Å². The summed E-state index contributed by atoms with van der Waals surface area (Å²) in [5.41, 5.74) is 6.82. The number of aliphatic carboxylic acids is 1. The zero-order chi connectivity index (χ0) is 26.3. The minimum absolute atomic E-state index is 0.144. The highest BCUT2D eigenvalue weighted by atomic mass is 32.2. The monoisotopic (exact) mass is 560 g/mol. The van der Waals surface area contributed by atoms with Gasteiger partial charge in [0.15, 0.2) is 34.9 Å². The molecule has 37 heavy (non-hydrogen) atoms. The Bertz CT molecular complexity index is 1480. The molecule has 0 saturated carbocycles. The highest BCUT2D eigenvalue weighted by Crippen LogP contribution is 2.40. The van der Waals surface area contributed by atoms with Crippen molar-refractivity contribution < 1.29 is 28.9 Å². The number of carboxylic acids is 1. The van der Waals surface area contributed by atoms with Crippen molar-refractivity contribution in [3.63, 3.8) is 0 Å². The van der Waals surface area contributed by atoms with Crippen LogP contribution in [0.5, 0.6) is 0 Å². The highest BCUT2D eigenvalue weighted by molar-refractivity contribution is 8.00. The van der Waals surface area contributed by atoms with Gasteiger partial charge in [-0.15, -0.1) is 23.1 Å². The van der Waals surface area contributed by atoms with Crippen molar-refractivity contribution in [3.05, 3.63) is 40.8 Å². The molecule has 1 fully saturated rings. The molecule has 2 amide bonds. The van der Waals surface area contributed by atoms with Crippen molar-refractivity contribution in [1.82, 2.24) is 20.2 Å². The van der Waals surface area contributed by atoms with Gasteiger partial charge in [0.05, 0.1) is 16.4 Å². The average Bonchev–Trinajstić information content (AvgIpc) is 3.50. The maximum Gasteiger partial charge on any atom is 0.276 e. The molecule has 2 aliphatic heterocycles. The summed E-state index contributed by atoms with van der Waals surface area (Å²) in [5.74, 6) is -2.37. The van der Waals surface area contributed by atoms with Gasteiger partial charge in [-0.25, -0.2) is 9.97 Å². The predicted molar refractivity (Wildman–Crippen MR) is 136 cm³/mol. The Morgan fingerprint density at radius 2 is 2.22 bits per heavy atom. The van der Waals surface area contributed by atoms with Gasteiger partial charge >= 0.3 is 0 Å². The van der Waals surface area contributed by atoms with E-state index in [0.29, 0.717) is 11.3 Å². The number of amides is 2. The van der Waals surface area contributed by atoms with Crippen molar-refractivity contribution >= 4 is 78.4 Å². The van der Waals surface area contributed by atoms with Crippen molar-refractivity contribution in [2.75, 3.05) is 31.0 Å². The number of nitrogens with one attached hydrogen (secondary N) is 2. The van der Waals surface area contributed by atoms with Crippen LogP contribution in [0.25, 0.3) is 10.2 Å². The summed E-state index contributed by atoms with van der Waals surface area (Å²) >= 11 is 3.98. The molecule has 2 aliphatic rings. The van der Waals surface area contributed by atoms with Crippen LogP contribution >= 0.6 is 34.4 Å². The molecule has 5 rings (SSSR count). The van der Waals surface area contributed by atoms with E-state index < -0.39 is 29.2 Å². The Hall–Kier alpha value is -3.76. The summed E-state index contributed by atoms with van der Waals surface area (Å²) in [6.45, 7) is 0.238. The molecule has 1 saturated heterocycles. The van der Waals surface area contributed by atoms with Crippen LogP contribution < -0.4 is 26.0 Å². The number of nitrogens with two attached hydrogens (primary N) is 1. The quantitative estimate of drug-likeness (QED) is 0.136. The summed E-state index contributed by atoms with van der Waals surface area (Å²) < 4.78 is 2.80. The van der Waals surface area contributed by atoms with Crippen LogP contribution in [0, 0.1) is 0 Å². The number of hydrogen-bond acceptors (Lipinski definition) is 13. The summed E-state index contributed by atoms with van der Waals surface area (Å²) in [6.07, 6.45) is 3.66. The van der Waals surface area contributed by atoms with E-state index in [4.69, 9.17) is 10.6 Å². The molecule has 3 aromatic rings. The molecule has 3 aromatic heterocycles. The fourth-order valence-corrected chi connectivity index (χ4v) is 6.71. The third-order valence-electron chi connectivity index (χ3n) is 5.66. The number of carbonyl (C=O) groups is 3. The maximum atomic E-state index is 13.0. The number of nitrogens with zero attached hydrogens (tertiary/aromatic N) is 5. The molecule has 0 spiro atoms. The van der Waals surface area contributed by atoms with Crippen molar-refractivity contribution in [1.29, 1.82) is 0 Å². The first-order valence-electron chi connectivity index (χ1n) is 10.8. The third kappa shape index (κ3) is 4.58. The molecule has 0 aromatic carbocycles. The molecule has 13 nitrogen and oxygen atoms in total. The van der Waals surface area contributed by atoms with E-state index >= 15 is 0 Å². The van der Waals surface area contributed by atoms with E-state index in [1.54, 1.807) is 12.4 Å². The molecule has 4 N–H and O–H groups in total. The molecule has 0 bridgehead atoms. The van der Waals surface area contributed by atoms with Gasteiger partial charge in [0.25, 0.3) is 11.8 Å². The first kappa shape index (κ1) is 24.9. The Morgan fingerprint density at radius 1 is 1.41 bits per heavy atom. The number of fused-ring (bicyclic) bond motifs is 2. The highest BCUT2D eigenvalue weighted by Gasteiger charge is 2.53. The largest absolute Gasteiger partial charge is 0.543 e. The van der Waals surface area contributed by atoms with Gasteiger partial charge in [-0.2, -0.15) is 4.57 Å². The molecule has 192 valence electrons. The summed E-state index contributed by atoms with van der Waals surface area (Å²) in [5, 5.41) is 23.4. The lowest BCUT2D eigenvalue weighted by molar-refractivity contribution is -0.687. The number of aromatic nitrogens is 3. The second-order valence-electron chi connectivity index (χ2n) is 7.93. The lowest BCUT2D eigenvalue weighted by atomic mass is 10.0. The van der Waals surface area contributed by atoms with Gasteiger partial charge < -0.3 is 31.1 Å². The van der Waals surface area contributed by atoms with Gasteiger partial charge in [-0.3, -0.25) is 14.5 Å². The lowest BCUT2D eigenvalue weighted by Gasteiger charge is -2.50. The number of anilines is 2. The first-order chi connectivity index (χ1) is 17.8. The van der Waals surface area contributed by atoms with Gasteiger partial charge in [0, 0.05) is 29.8 Å². The molecule has 1 unspecified atom stereocenters. The SMILES string of the molecule is CNc1nc2c[n+](CC3=C(C(=O)[O-])N4C(=O)C(NC(=O)/C(=N\OC)c5csc(N)n5)[C@H]4SC3)ccc2s1. The van der Waals surface area contributed by atoms with Crippen LogP contribution in [0.3, 0.4) is 0 Å². The predicted octanol–water partition coefficient (Wildman–Crippen LogP) is -0.881. The Balaban J connectivity index is 1.35. The van der Waals surface area contributed by atoms with Crippen LogP contribution in [0.15, 0.2) is 40.3 Å². The standard InChI is InChI=1S/C21H20N8O5S3/c1-23-21-25-10-6-28(4-3-12(10)37-21)5-9-7-35-18-14(17(31)29(18)15(9)19(32)33)26-16(30)13(27-34-2)11-8-36-20(22)24-11/h3-4,6,8,14,18H,5,7H2,1-2H3,(H4-,22,23,24,25,26,30,32,33)/b27-13-/t14?,18-/m1/s1. The molecule has 0 radical (unpaired) electrons. The van der Waals surface area contributed by atoms with Crippen LogP contribution in [0.1, 0.15) is 5.69 Å². The summed E-state index contributed by atoms with van der Waals surface area (Å²) in [4.78, 5) is 52.5. The maximum absolute atomic E-state index is 13.0. The fraction of sp³-hybridized carbons (Fsp3) is 0.286. The number of thioether (sulfide) groups is 1. The number of pyridine rings is 1. The molecule has 2 atom stereocenters. The van der Waals surface area contributed by atoms with Gasteiger partial charge in [0.2, 0.25) is 0 Å². The normalized spacial score (nSPS) is 19.5. The molecular weight excluding hydrogens is 540 g/mol. The van der Waals surface area contributed by atoms with E-state index in [2.05, 4.69) is 25.8 Å². The Morgan fingerprint density at radius 3 is 2.89 bits per heavy atom. The number of hydrogen-bond donors (Lipinski definition) is 3. The Labute approximate surface area is 222 Å². The number of carbonyl (C=O) groups excluding carboxylic acids is 3. The number of rotatable bonds is 8. The third-order valence-corrected chi connectivity index (χ3v) is 8.73. The zero-order valence-electron chi connectivity index (χ0n) is 19.5. The number of thiazole rings is 2. The van der Waals surface area contributed by atoms with Gasteiger partial charge in [0.1, 0.15) is 29.7 Å². The van der Waals surface area contributed by atoms with E-state index in [1.165, 1.54) is 35.1 Å². The average molecular weight is 561 g/mol. The second-order valence-corrected chi connectivity index (χ2v) is 11.0. The Kier molecular flexibility index (Phi) is 6.70. The number of carboxylic acid groups (broad SMARTS) is 1. The van der Waals surface area contributed by atoms with E-state index in [1.807, 2.05) is 23.0 Å². The van der Waals surface area contributed by atoms with E-state index in [9.17, 15) is 19.5 Å². The smallest absolute Gasteiger partial charge is 0.276 e. The fourth-order valence-electron chi connectivity index (χ4n) is 4.04. The molecular formula is C21H20N8O5S3. The van der Waals surface area contributed by atoms with Crippen molar-refractivity contribution in [2.45, 2.75) is 18.0 Å². The minimum Gasteiger partial charge on any atom is -0.543 e. The van der Waals surface area contributed by atoms with Crippen LogP contribution in [-0.4, -0.2) is 69.7 Å². The topological polar surface area (TPSA) is 179 Å². The number of oxime groups is 1. The van der Waals surface area contributed by atoms with Gasteiger partial charge in [-0.05, 0) is 0 Å². The zero-order valence-corrected chi connectivity index (χ0v) is 21.9. The number of β-lactam (4-membered cyclic amide) rings is 1. The van der Waals surface area contributed by atoms with Crippen LogP contribution in [0.4, 0.5) is 10.3 Å². The summed E-state index contributed by atoms with van der Waals surface area (Å²) in [7, 11) is 3.07. The van der Waals surface area contributed by atoms with Crippen molar-refractivity contribution in [3.8, 4) is 0 Å². The molecule has 16 heteroatoms. The molecule has 5 heterocycles. The molecule has 0 aliphatic carbocycles. The lowest BCUT2D eigenvalue weighted by Crippen LogP contribution is -2.71. The first-order valence-corrected chi connectivity index (χ1v) is 13.5. The second kappa shape index (κ2) is 9.95. The van der Waals surface area contributed by atoms with Gasteiger partial charge in [-0.1, -0.05) is 16.5 Å². The number of nitrogen functional groups attached to an aromatic ring is 1.